The molecule has 0 unspecified atom stereocenters. The van der Waals surface area contributed by atoms with Gasteiger partial charge in [0, 0.05) is 12.6 Å². The number of halogens is 1. The molecule has 0 spiro atoms. The number of hydrogen-bond donors (Lipinski definition) is 0. The van der Waals surface area contributed by atoms with Gasteiger partial charge in [-0.2, -0.15) is 0 Å². The molecule has 1 aliphatic heterocycles. The van der Waals surface area contributed by atoms with Crippen LogP contribution in [0.5, 0.6) is 0 Å². The molecule has 0 aliphatic carbocycles. The first-order valence-electron chi connectivity index (χ1n) is 4.73. The van der Waals surface area contributed by atoms with Crippen LogP contribution >= 0.6 is 0 Å². The predicted octanol–water partition coefficient (Wildman–Crippen LogP) is 2.46. The molecule has 0 radical (unpaired) electrons. The van der Waals surface area contributed by atoms with Crippen molar-refractivity contribution >= 4 is 0 Å². The van der Waals surface area contributed by atoms with E-state index in [9.17, 15) is 4.39 Å². The number of hydrogen-bond acceptors (Lipinski definition) is 1. The molecule has 0 aromatic carbocycles. The van der Waals surface area contributed by atoms with Gasteiger partial charge in [-0.05, 0) is 25.3 Å². The summed E-state index contributed by atoms with van der Waals surface area (Å²) in [7, 11) is 2.02. The van der Waals surface area contributed by atoms with Crippen LogP contribution in [0.25, 0.3) is 0 Å². The number of nitrogens with zero attached hydrogens (tertiary/aromatic N) is 1. The lowest BCUT2D eigenvalue weighted by molar-refractivity contribution is 0.223. The first-order chi connectivity index (χ1) is 5.38. The van der Waals surface area contributed by atoms with Crippen LogP contribution in [0.3, 0.4) is 0 Å². The smallest absolute Gasteiger partial charge is 0.114 e. The zero-order valence-electron chi connectivity index (χ0n) is 8.60. The highest BCUT2D eigenvalue weighted by atomic mass is 19.1. The Morgan fingerprint density at radius 1 is 1.42 bits per heavy atom. The van der Waals surface area contributed by atoms with Crippen molar-refractivity contribution in [3.05, 3.63) is 0 Å². The molecule has 1 rings (SSSR count). The summed E-state index contributed by atoms with van der Waals surface area (Å²) >= 11 is 0. The normalized spacial score (nSPS) is 32.8. The molecule has 0 saturated carbocycles. The first-order valence-corrected chi connectivity index (χ1v) is 4.73. The summed E-state index contributed by atoms with van der Waals surface area (Å²) in [5, 5.41) is 0. The number of rotatable bonds is 1. The van der Waals surface area contributed by atoms with Crippen molar-refractivity contribution in [3.8, 4) is 0 Å². The van der Waals surface area contributed by atoms with Crippen molar-refractivity contribution in [1.29, 1.82) is 0 Å². The maximum absolute atomic E-state index is 13.0. The highest BCUT2D eigenvalue weighted by Gasteiger charge is 2.31. The molecule has 0 aromatic heterocycles. The van der Waals surface area contributed by atoms with E-state index in [4.69, 9.17) is 0 Å². The summed E-state index contributed by atoms with van der Waals surface area (Å²) < 4.78 is 13.0. The molecular formula is C10H20FN. The van der Waals surface area contributed by atoms with E-state index in [2.05, 4.69) is 25.7 Å². The lowest BCUT2D eigenvalue weighted by atomic mass is 9.87. The van der Waals surface area contributed by atoms with Gasteiger partial charge in [0.2, 0.25) is 0 Å². The fraction of sp³-hybridized carbons (Fsp3) is 1.00. The van der Waals surface area contributed by atoms with Crippen LogP contribution in [0, 0.1) is 5.41 Å². The number of likely N-dealkylation sites (tertiary alicyclic amines) is 1. The lowest BCUT2D eigenvalue weighted by Crippen LogP contribution is -2.29. The molecule has 0 aromatic rings. The van der Waals surface area contributed by atoms with Gasteiger partial charge in [-0.3, -0.25) is 0 Å². The maximum Gasteiger partial charge on any atom is 0.114 e. The van der Waals surface area contributed by atoms with Gasteiger partial charge in [0.25, 0.3) is 0 Å². The largest absolute Gasteiger partial charge is 0.300 e. The van der Waals surface area contributed by atoms with Gasteiger partial charge in [0.15, 0.2) is 0 Å². The SMILES string of the molecule is CN1C[C@@H](F)C[C@H]1CC(C)(C)C. The highest BCUT2D eigenvalue weighted by Crippen LogP contribution is 2.29. The topological polar surface area (TPSA) is 3.24 Å². The van der Waals surface area contributed by atoms with Gasteiger partial charge in [0.1, 0.15) is 6.17 Å². The third-order valence-corrected chi connectivity index (χ3v) is 2.49. The molecule has 1 heterocycles. The molecule has 1 nitrogen and oxygen atoms in total. The molecule has 72 valence electrons. The molecule has 2 heteroatoms. The summed E-state index contributed by atoms with van der Waals surface area (Å²) in [5.74, 6) is 0. The summed E-state index contributed by atoms with van der Waals surface area (Å²) in [4.78, 5) is 2.15. The standard InChI is InChI=1S/C10H20FN/c1-10(2,3)6-9-5-8(11)7-12(9)4/h8-9H,5-7H2,1-4H3/t8-,9-/m0/s1. The Hall–Kier alpha value is -0.110. The number of alkyl halides is 1. The molecule has 12 heavy (non-hydrogen) atoms. The van der Waals surface area contributed by atoms with E-state index in [1.165, 1.54) is 0 Å². The van der Waals surface area contributed by atoms with Crippen LogP contribution in [0.2, 0.25) is 0 Å². The average Bonchev–Trinajstić information content (AvgIpc) is 2.06. The Labute approximate surface area is 74.9 Å². The van der Waals surface area contributed by atoms with Gasteiger partial charge < -0.3 is 4.90 Å². The van der Waals surface area contributed by atoms with E-state index in [1.54, 1.807) is 0 Å². The van der Waals surface area contributed by atoms with Crippen molar-refractivity contribution < 1.29 is 4.39 Å². The second kappa shape index (κ2) is 3.33. The molecular weight excluding hydrogens is 153 g/mol. The molecule has 1 aliphatic rings. The summed E-state index contributed by atoms with van der Waals surface area (Å²) in [6, 6.07) is 0.458. The van der Waals surface area contributed by atoms with E-state index in [0.29, 0.717) is 18.0 Å². The molecule has 1 saturated heterocycles. The fourth-order valence-corrected chi connectivity index (χ4v) is 1.96. The van der Waals surface area contributed by atoms with Gasteiger partial charge in [-0.1, -0.05) is 20.8 Å². The Balaban J connectivity index is 2.43. The Bertz CT molecular complexity index is 150. The van der Waals surface area contributed by atoms with Gasteiger partial charge in [0.05, 0.1) is 0 Å². The molecule has 2 atom stereocenters. The van der Waals surface area contributed by atoms with E-state index in [1.807, 2.05) is 7.05 Å². The maximum atomic E-state index is 13.0. The quantitative estimate of drug-likeness (QED) is 0.589. The van der Waals surface area contributed by atoms with Crippen LogP contribution in [0.1, 0.15) is 33.6 Å². The lowest BCUT2D eigenvalue weighted by Gasteiger charge is -2.27. The van der Waals surface area contributed by atoms with Gasteiger partial charge >= 0.3 is 0 Å². The predicted molar refractivity (Wildman–Crippen MR) is 50.0 cm³/mol. The van der Waals surface area contributed by atoms with Crippen molar-refractivity contribution in [3.63, 3.8) is 0 Å². The zero-order valence-corrected chi connectivity index (χ0v) is 8.60. The van der Waals surface area contributed by atoms with E-state index < -0.39 is 6.17 Å². The van der Waals surface area contributed by atoms with Crippen LogP contribution in [0.4, 0.5) is 4.39 Å². The minimum Gasteiger partial charge on any atom is -0.300 e. The average molecular weight is 173 g/mol. The molecule has 0 amide bonds. The Morgan fingerprint density at radius 3 is 2.33 bits per heavy atom. The minimum atomic E-state index is -0.595. The summed E-state index contributed by atoms with van der Waals surface area (Å²) in [6.45, 7) is 7.27. The van der Waals surface area contributed by atoms with Crippen molar-refractivity contribution in [2.75, 3.05) is 13.6 Å². The van der Waals surface area contributed by atoms with Crippen LogP contribution in [0.15, 0.2) is 0 Å². The van der Waals surface area contributed by atoms with Crippen LogP contribution in [-0.4, -0.2) is 30.7 Å². The molecule has 0 N–H and O–H groups in total. The molecule has 0 bridgehead atoms. The Morgan fingerprint density at radius 2 is 2.00 bits per heavy atom. The zero-order chi connectivity index (χ0) is 9.35. The van der Waals surface area contributed by atoms with Crippen LogP contribution in [-0.2, 0) is 0 Å². The van der Waals surface area contributed by atoms with Gasteiger partial charge in [-0.15, -0.1) is 0 Å². The Kier molecular flexibility index (Phi) is 2.77. The van der Waals surface area contributed by atoms with Crippen molar-refractivity contribution in [1.82, 2.24) is 4.90 Å². The second-order valence-corrected chi connectivity index (χ2v) is 5.19. The third kappa shape index (κ3) is 2.74. The van der Waals surface area contributed by atoms with E-state index >= 15 is 0 Å². The second-order valence-electron chi connectivity index (χ2n) is 5.19. The monoisotopic (exact) mass is 173 g/mol. The van der Waals surface area contributed by atoms with Crippen molar-refractivity contribution in [2.24, 2.45) is 5.41 Å². The molecule has 1 fully saturated rings. The fourth-order valence-electron chi connectivity index (χ4n) is 1.96. The highest BCUT2D eigenvalue weighted by molar-refractivity contribution is 4.85. The summed E-state index contributed by atoms with van der Waals surface area (Å²) in [5.41, 5.74) is 0.322. The van der Waals surface area contributed by atoms with Crippen LogP contribution < -0.4 is 0 Å². The summed E-state index contributed by atoms with van der Waals surface area (Å²) in [6.07, 6.45) is 1.24. The minimum absolute atomic E-state index is 0.322. The third-order valence-electron chi connectivity index (χ3n) is 2.49. The van der Waals surface area contributed by atoms with E-state index in [0.717, 1.165) is 12.8 Å². The van der Waals surface area contributed by atoms with Gasteiger partial charge in [-0.25, -0.2) is 4.39 Å². The van der Waals surface area contributed by atoms with Crippen molar-refractivity contribution in [2.45, 2.75) is 45.8 Å². The van der Waals surface area contributed by atoms with E-state index in [-0.39, 0.29) is 0 Å². The first kappa shape index (κ1) is 9.97.